The molecule has 3 aliphatic rings. The van der Waals surface area contributed by atoms with Gasteiger partial charge >= 0.3 is 0 Å². The van der Waals surface area contributed by atoms with E-state index in [9.17, 15) is 29.7 Å². The van der Waals surface area contributed by atoms with Crippen LogP contribution in [0.4, 0.5) is 17.1 Å². The van der Waals surface area contributed by atoms with E-state index in [1.807, 2.05) is 72.8 Å². The van der Waals surface area contributed by atoms with E-state index in [4.69, 9.17) is 34.8 Å². The predicted molar refractivity (Wildman–Crippen MR) is 239 cm³/mol. The minimum Gasteiger partial charge on any atom is -0.507 e. The first-order chi connectivity index (χ1) is 29.1. The van der Waals surface area contributed by atoms with Crippen molar-refractivity contribution in [3.63, 3.8) is 0 Å². The number of carbonyl (C=O) groups is 3. The van der Waals surface area contributed by atoms with Crippen molar-refractivity contribution in [2.75, 3.05) is 52.0 Å². The van der Waals surface area contributed by atoms with E-state index in [0.29, 0.717) is 33.2 Å². The van der Waals surface area contributed by atoms with E-state index >= 15 is 0 Å². The van der Waals surface area contributed by atoms with Crippen molar-refractivity contribution in [2.45, 2.75) is 17.8 Å². The molecule has 3 atom stereocenters. The molecule has 7 aromatic carbocycles. The number of amides is 3. The summed E-state index contributed by atoms with van der Waals surface area (Å²) in [5, 5.41) is 37.7. The zero-order chi connectivity index (χ0) is 41.6. The number of halogens is 3. The number of alkyl halides is 3. The van der Waals surface area contributed by atoms with Crippen molar-refractivity contribution >= 4 is 102 Å². The molecule has 3 aliphatic heterocycles. The van der Waals surface area contributed by atoms with Gasteiger partial charge in [0.25, 0.3) is 17.7 Å². The Morgan fingerprint density at radius 3 is 0.933 bits per heavy atom. The van der Waals surface area contributed by atoms with Crippen LogP contribution in [0.3, 0.4) is 0 Å². The van der Waals surface area contributed by atoms with Crippen molar-refractivity contribution < 1.29 is 29.7 Å². The summed E-state index contributed by atoms with van der Waals surface area (Å²) >= 11 is 19.6. The number of phenols is 3. The molecule has 0 unspecified atom stereocenters. The number of rotatable bonds is 6. The van der Waals surface area contributed by atoms with Crippen molar-refractivity contribution in [3.8, 4) is 17.2 Å². The Morgan fingerprint density at radius 2 is 0.683 bits per heavy atom. The van der Waals surface area contributed by atoms with E-state index in [1.165, 1.54) is 18.2 Å². The SMILES string of the molecule is O=C(c1cc(C(=O)N2C[C@@H](CCl)c3c2cc(O)c2ccccc32)cc(C(=O)N2C[C@@H](CCl)c3c2cc(O)c2ccccc32)c1)N1C[C@@H](CCl)c2c1cc(O)c1ccccc21. The van der Waals surface area contributed by atoms with E-state index in [0.717, 1.165) is 32.8 Å². The monoisotopic (exact) mass is 855 g/mol. The van der Waals surface area contributed by atoms with Gasteiger partial charge in [-0.2, -0.15) is 0 Å². The van der Waals surface area contributed by atoms with E-state index in [1.54, 1.807) is 32.9 Å². The molecule has 10 rings (SSSR count). The molecular weight excluding hydrogens is 821 g/mol. The highest BCUT2D eigenvalue weighted by molar-refractivity contribution is 6.22. The Morgan fingerprint density at radius 1 is 0.433 bits per heavy atom. The highest BCUT2D eigenvalue weighted by Gasteiger charge is 2.40. The number of benzene rings is 7. The van der Waals surface area contributed by atoms with Crippen LogP contribution in [-0.2, 0) is 0 Å². The zero-order valence-electron chi connectivity index (χ0n) is 31.9. The quantitative estimate of drug-likeness (QED) is 0.143. The Bertz CT molecular complexity index is 2660. The topological polar surface area (TPSA) is 122 Å². The molecule has 0 fully saturated rings. The summed E-state index contributed by atoms with van der Waals surface area (Å²) in [4.78, 5) is 49.4. The third-order valence-electron chi connectivity index (χ3n) is 12.4. The second-order valence-electron chi connectivity index (χ2n) is 15.7. The van der Waals surface area contributed by atoms with Crippen LogP contribution in [0.15, 0.2) is 109 Å². The van der Waals surface area contributed by atoms with Gasteiger partial charge in [-0.25, -0.2) is 0 Å². The molecule has 0 saturated carbocycles. The normalized spacial score (nSPS) is 18.1. The largest absolute Gasteiger partial charge is 0.507 e. The Balaban J connectivity index is 1.12. The summed E-state index contributed by atoms with van der Waals surface area (Å²) in [5.74, 6) is -1.58. The van der Waals surface area contributed by atoms with Crippen LogP contribution in [0.2, 0.25) is 0 Å². The number of phenolic OH excluding ortho intramolecular Hbond substituents is 3. The lowest BCUT2D eigenvalue weighted by Crippen LogP contribution is -2.34. The average molecular weight is 857 g/mol. The lowest BCUT2D eigenvalue weighted by atomic mass is 9.95. The van der Waals surface area contributed by atoms with Gasteiger partial charge in [0, 0.05) is 106 Å². The maximum Gasteiger partial charge on any atom is 0.258 e. The summed E-state index contributed by atoms with van der Waals surface area (Å²) in [6, 6.07) is 31.4. The third kappa shape index (κ3) is 5.78. The smallest absolute Gasteiger partial charge is 0.258 e. The maximum absolute atomic E-state index is 14.9. The van der Waals surface area contributed by atoms with Crippen molar-refractivity contribution in [1.82, 2.24) is 0 Å². The fourth-order valence-electron chi connectivity index (χ4n) is 9.70. The van der Waals surface area contributed by atoms with E-state index in [-0.39, 0.29) is 89.0 Å². The summed E-state index contributed by atoms with van der Waals surface area (Å²) in [6.45, 7) is 0.622. The van der Waals surface area contributed by atoms with Crippen LogP contribution < -0.4 is 14.7 Å². The van der Waals surface area contributed by atoms with Gasteiger partial charge in [0.2, 0.25) is 0 Å². The molecule has 0 radical (unpaired) electrons. The minimum absolute atomic E-state index is 0.00631. The molecule has 3 heterocycles. The second kappa shape index (κ2) is 14.6. The molecule has 0 aromatic heterocycles. The lowest BCUT2D eigenvalue weighted by molar-refractivity contribution is 0.0987. The van der Waals surface area contributed by atoms with Crippen LogP contribution in [0.1, 0.15) is 65.5 Å². The third-order valence-corrected chi connectivity index (χ3v) is 13.5. The molecule has 7 aromatic rings. The first-order valence-corrected chi connectivity index (χ1v) is 21.2. The predicted octanol–water partition coefficient (Wildman–Crippen LogP) is 10.2. The summed E-state index contributed by atoms with van der Waals surface area (Å²) in [7, 11) is 0. The molecule has 0 bridgehead atoms. The highest BCUT2D eigenvalue weighted by atomic mass is 35.5. The van der Waals surface area contributed by atoms with Crippen molar-refractivity contribution in [1.29, 1.82) is 0 Å². The van der Waals surface area contributed by atoms with Gasteiger partial charge in [-0.15, -0.1) is 34.8 Å². The number of fused-ring (bicyclic) bond motifs is 9. The van der Waals surface area contributed by atoms with Crippen LogP contribution in [0.5, 0.6) is 17.2 Å². The minimum atomic E-state index is -0.490. The summed E-state index contributed by atoms with van der Waals surface area (Å²) in [6.07, 6.45) is 0. The van der Waals surface area contributed by atoms with Crippen LogP contribution in [-0.4, -0.2) is 70.3 Å². The molecule has 0 aliphatic carbocycles. The Hall–Kier alpha value is -6.00. The maximum atomic E-state index is 14.9. The molecule has 3 N–H and O–H groups in total. The van der Waals surface area contributed by atoms with Crippen molar-refractivity contribution in [2.24, 2.45) is 0 Å². The van der Waals surface area contributed by atoms with Gasteiger partial charge in [-0.3, -0.25) is 14.4 Å². The van der Waals surface area contributed by atoms with E-state index < -0.39 is 17.7 Å². The van der Waals surface area contributed by atoms with Crippen LogP contribution >= 0.6 is 34.8 Å². The molecule has 12 heteroatoms. The number of anilines is 3. The molecule has 3 amide bonds. The van der Waals surface area contributed by atoms with Gasteiger partial charge in [-0.05, 0) is 51.0 Å². The number of nitrogens with zero attached hydrogens (tertiary/aromatic N) is 3. The van der Waals surface area contributed by atoms with Crippen LogP contribution in [0, 0.1) is 0 Å². The zero-order valence-corrected chi connectivity index (χ0v) is 34.2. The van der Waals surface area contributed by atoms with Crippen LogP contribution in [0.25, 0.3) is 32.3 Å². The van der Waals surface area contributed by atoms with Gasteiger partial charge in [0.1, 0.15) is 17.2 Å². The molecule has 9 nitrogen and oxygen atoms in total. The summed E-state index contributed by atoms with van der Waals surface area (Å²) in [5.41, 5.74) is 4.18. The number of hydrogen-bond donors (Lipinski definition) is 3. The first-order valence-electron chi connectivity index (χ1n) is 19.6. The van der Waals surface area contributed by atoms with Gasteiger partial charge < -0.3 is 30.0 Å². The van der Waals surface area contributed by atoms with Gasteiger partial charge in [0.05, 0.1) is 17.1 Å². The number of carbonyl (C=O) groups excluding carboxylic acids is 3. The molecule has 0 spiro atoms. The Kier molecular flexibility index (Phi) is 9.31. The second-order valence-corrected chi connectivity index (χ2v) is 16.6. The Labute approximate surface area is 359 Å². The lowest BCUT2D eigenvalue weighted by Gasteiger charge is -2.23. The summed E-state index contributed by atoms with van der Waals surface area (Å²) < 4.78 is 0. The average Bonchev–Trinajstić information content (AvgIpc) is 3.97. The molecule has 300 valence electrons. The molecule has 0 saturated heterocycles. The fraction of sp³-hybridized carbons (Fsp3) is 0.188. The van der Waals surface area contributed by atoms with Crippen molar-refractivity contribution in [3.05, 3.63) is 143 Å². The van der Waals surface area contributed by atoms with E-state index in [2.05, 4.69) is 0 Å². The fourth-order valence-corrected chi connectivity index (χ4v) is 10.5. The number of aromatic hydroxyl groups is 3. The number of hydrogen-bond acceptors (Lipinski definition) is 6. The molecule has 60 heavy (non-hydrogen) atoms. The standard InChI is InChI=1S/C48H36Cl3N3O6/c49-19-28-22-52(37-16-40(55)31-7-1-4-10-34(31)43(28)37)46(58)25-13-26(47(59)53-23-29(20-50)44-35-11-5-2-8-32(35)41(56)17-38(44)53)15-27(14-25)48(60)54-24-30(21-51)45-36-12-6-3-9-33(36)42(57)18-39(45)54/h1-18,28-30,55-57H,19-24H2/t28-,29-,30-/m1/s1. The van der Waals surface area contributed by atoms with Gasteiger partial charge in [-0.1, -0.05) is 72.8 Å². The highest BCUT2D eigenvalue weighted by Crippen LogP contribution is 2.49. The first kappa shape index (κ1) is 38.2. The molecular formula is C48H36Cl3N3O6. The van der Waals surface area contributed by atoms with Gasteiger partial charge in [0.15, 0.2) is 0 Å².